The summed E-state index contributed by atoms with van der Waals surface area (Å²) < 4.78 is 0. The Labute approximate surface area is 108 Å². The molecule has 0 aliphatic carbocycles. The molecule has 0 bridgehead atoms. The van der Waals surface area contributed by atoms with Gasteiger partial charge in [-0.15, -0.1) is 6.58 Å². The second-order valence-corrected chi connectivity index (χ2v) is 4.44. The molecule has 0 radical (unpaired) electrons. The van der Waals surface area contributed by atoms with Crippen molar-refractivity contribution in [1.29, 1.82) is 0 Å². The molecule has 92 valence electrons. The topological polar surface area (TPSA) is 20.2 Å². The van der Waals surface area contributed by atoms with Crippen LogP contribution < -0.4 is 0 Å². The molecule has 1 nitrogen and oxygen atoms in total. The fourth-order valence-corrected chi connectivity index (χ4v) is 2.11. The van der Waals surface area contributed by atoms with E-state index in [9.17, 15) is 5.11 Å². The minimum atomic E-state index is -0.496. The summed E-state index contributed by atoms with van der Waals surface area (Å²) in [6, 6.07) is 19.9. The lowest BCUT2D eigenvalue weighted by Gasteiger charge is -2.20. The Kier molecular flexibility index (Phi) is 4.32. The van der Waals surface area contributed by atoms with Crippen molar-refractivity contribution < 1.29 is 5.11 Å². The summed E-state index contributed by atoms with van der Waals surface area (Å²) in [6.45, 7) is 3.84. The van der Waals surface area contributed by atoms with Crippen molar-refractivity contribution in [2.75, 3.05) is 0 Å². The van der Waals surface area contributed by atoms with Crippen LogP contribution in [0.1, 0.15) is 17.2 Å². The average Bonchev–Trinajstić information content (AvgIpc) is 2.46. The van der Waals surface area contributed by atoms with Gasteiger partial charge in [-0.05, 0) is 17.5 Å². The lowest BCUT2D eigenvalue weighted by molar-refractivity contribution is 0.131. The van der Waals surface area contributed by atoms with Gasteiger partial charge in [0.25, 0.3) is 0 Å². The van der Waals surface area contributed by atoms with E-state index < -0.39 is 6.10 Å². The maximum atomic E-state index is 10.4. The number of aliphatic hydroxyl groups is 1. The van der Waals surface area contributed by atoms with E-state index in [1.165, 1.54) is 5.56 Å². The highest BCUT2D eigenvalue weighted by Gasteiger charge is 2.17. The normalized spacial score (nSPS) is 13.8. The summed E-state index contributed by atoms with van der Waals surface area (Å²) in [5.41, 5.74) is 2.16. The Hall–Kier alpha value is -1.86. The van der Waals surface area contributed by atoms with Crippen LogP contribution in [0.4, 0.5) is 0 Å². The van der Waals surface area contributed by atoms with E-state index in [-0.39, 0.29) is 5.92 Å². The zero-order valence-electron chi connectivity index (χ0n) is 10.4. The first-order chi connectivity index (χ1) is 8.81. The third-order valence-electron chi connectivity index (χ3n) is 3.16. The lowest BCUT2D eigenvalue weighted by Crippen LogP contribution is -2.13. The van der Waals surface area contributed by atoms with Crippen LogP contribution in [-0.4, -0.2) is 5.11 Å². The molecule has 0 saturated carbocycles. The van der Waals surface area contributed by atoms with Gasteiger partial charge in [-0.2, -0.15) is 0 Å². The standard InChI is InChI=1S/C17H18O/c1-2-15(13-14-9-5-3-6-10-14)17(18)16-11-7-4-8-12-16/h2-12,15,17-18H,1,13H2/t15-,17+/m1/s1. The van der Waals surface area contributed by atoms with E-state index in [1.54, 1.807) is 0 Å². The summed E-state index contributed by atoms with van der Waals surface area (Å²) in [7, 11) is 0. The second-order valence-electron chi connectivity index (χ2n) is 4.44. The van der Waals surface area contributed by atoms with E-state index in [2.05, 4.69) is 18.7 Å². The molecule has 2 rings (SSSR count). The van der Waals surface area contributed by atoms with E-state index in [4.69, 9.17) is 0 Å². The molecule has 0 fully saturated rings. The molecule has 2 aromatic carbocycles. The predicted molar refractivity (Wildman–Crippen MR) is 75.2 cm³/mol. The molecule has 0 aliphatic rings. The minimum absolute atomic E-state index is 0.0369. The molecule has 1 N–H and O–H groups in total. The maximum absolute atomic E-state index is 10.4. The molecular formula is C17H18O. The van der Waals surface area contributed by atoms with Crippen LogP contribution in [-0.2, 0) is 6.42 Å². The molecule has 0 spiro atoms. The quantitative estimate of drug-likeness (QED) is 0.786. The molecular weight excluding hydrogens is 220 g/mol. The van der Waals surface area contributed by atoms with Gasteiger partial charge in [-0.1, -0.05) is 66.7 Å². The highest BCUT2D eigenvalue weighted by molar-refractivity contribution is 5.22. The summed E-state index contributed by atoms with van der Waals surface area (Å²) >= 11 is 0. The molecule has 0 heterocycles. The summed E-state index contributed by atoms with van der Waals surface area (Å²) in [5, 5.41) is 10.4. The molecule has 0 aromatic heterocycles. The Morgan fingerprint density at radius 2 is 1.50 bits per heavy atom. The van der Waals surface area contributed by atoms with Crippen LogP contribution >= 0.6 is 0 Å². The zero-order valence-corrected chi connectivity index (χ0v) is 10.4. The van der Waals surface area contributed by atoms with Crippen LogP contribution in [0.3, 0.4) is 0 Å². The third kappa shape index (κ3) is 3.08. The van der Waals surface area contributed by atoms with Gasteiger partial charge in [0.05, 0.1) is 6.10 Å². The Morgan fingerprint density at radius 1 is 0.944 bits per heavy atom. The fourth-order valence-electron chi connectivity index (χ4n) is 2.11. The van der Waals surface area contributed by atoms with Crippen molar-refractivity contribution >= 4 is 0 Å². The van der Waals surface area contributed by atoms with Crippen LogP contribution in [0.5, 0.6) is 0 Å². The Morgan fingerprint density at radius 3 is 2.06 bits per heavy atom. The molecule has 0 aliphatic heterocycles. The third-order valence-corrected chi connectivity index (χ3v) is 3.16. The number of rotatable bonds is 5. The van der Waals surface area contributed by atoms with E-state index >= 15 is 0 Å². The Bertz CT molecular complexity index is 475. The smallest absolute Gasteiger partial charge is 0.0855 e. The van der Waals surface area contributed by atoms with Crippen LogP contribution in [0.15, 0.2) is 73.3 Å². The summed E-state index contributed by atoms with van der Waals surface area (Å²) in [4.78, 5) is 0. The number of hydrogen-bond acceptors (Lipinski definition) is 1. The van der Waals surface area contributed by atoms with Crippen molar-refractivity contribution in [2.45, 2.75) is 12.5 Å². The minimum Gasteiger partial charge on any atom is -0.388 e. The predicted octanol–water partition coefficient (Wildman–Crippen LogP) is 3.76. The number of hydrogen-bond donors (Lipinski definition) is 1. The van der Waals surface area contributed by atoms with Crippen molar-refractivity contribution in [2.24, 2.45) is 5.92 Å². The van der Waals surface area contributed by atoms with Gasteiger partial charge in [0, 0.05) is 5.92 Å². The average molecular weight is 238 g/mol. The first-order valence-corrected chi connectivity index (χ1v) is 6.20. The van der Waals surface area contributed by atoms with Gasteiger partial charge in [-0.3, -0.25) is 0 Å². The van der Waals surface area contributed by atoms with Crippen LogP contribution in [0, 0.1) is 5.92 Å². The van der Waals surface area contributed by atoms with Gasteiger partial charge in [0.2, 0.25) is 0 Å². The van der Waals surface area contributed by atoms with Crippen molar-refractivity contribution in [3.63, 3.8) is 0 Å². The molecule has 18 heavy (non-hydrogen) atoms. The highest BCUT2D eigenvalue weighted by Crippen LogP contribution is 2.25. The van der Waals surface area contributed by atoms with E-state index in [0.717, 1.165) is 12.0 Å². The first kappa shape index (κ1) is 12.6. The SMILES string of the molecule is C=C[C@H](Cc1ccccc1)[C@H](O)c1ccccc1. The monoisotopic (exact) mass is 238 g/mol. The highest BCUT2D eigenvalue weighted by atomic mass is 16.3. The fraction of sp³-hybridized carbons (Fsp3) is 0.176. The maximum Gasteiger partial charge on any atom is 0.0855 e. The van der Waals surface area contributed by atoms with Crippen molar-refractivity contribution in [1.82, 2.24) is 0 Å². The summed E-state index contributed by atoms with van der Waals surface area (Å²) in [6.07, 6.45) is 2.15. The second kappa shape index (κ2) is 6.18. The molecule has 0 saturated heterocycles. The van der Waals surface area contributed by atoms with Gasteiger partial charge in [0.15, 0.2) is 0 Å². The zero-order chi connectivity index (χ0) is 12.8. The molecule has 0 unspecified atom stereocenters. The molecule has 2 aromatic rings. The first-order valence-electron chi connectivity index (χ1n) is 6.20. The molecule has 2 atom stereocenters. The number of benzene rings is 2. The van der Waals surface area contributed by atoms with E-state index in [1.807, 2.05) is 54.6 Å². The van der Waals surface area contributed by atoms with Gasteiger partial charge in [0.1, 0.15) is 0 Å². The van der Waals surface area contributed by atoms with Gasteiger partial charge in [-0.25, -0.2) is 0 Å². The summed E-state index contributed by atoms with van der Waals surface area (Å²) in [5.74, 6) is 0.0369. The van der Waals surface area contributed by atoms with Crippen LogP contribution in [0.2, 0.25) is 0 Å². The largest absolute Gasteiger partial charge is 0.388 e. The van der Waals surface area contributed by atoms with Gasteiger partial charge >= 0.3 is 0 Å². The molecule has 1 heteroatoms. The van der Waals surface area contributed by atoms with Crippen LogP contribution in [0.25, 0.3) is 0 Å². The van der Waals surface area contributed by atoms with Crippen molar-refractivity contribution in [3.05, 3.63) is 84.4 Å². The lowest BCUT2D eigenvalue weighted by atomic mass is 9.90. The van der Waals surface area contributed by atoms with Gasteiger partial charge < -0.3 is 5.11 Å². The van der Waals surface area contributed by atoms with E-state index in [0.29, 0.717) is 0 Å². The molecule has 0 amide bonds. The number of aliphatic hydroxyl groups excluding tert-OH is 1. The Balaban J connectivity index is 2.12. The van der Waals surface area contributed by atoms with Crippen molar-refractivity contribution in [3.8, 4) is 0 Å².